The summed E-state index contributed by atoms with van der Waals surface area (Å²) < 4.78 is 11.2. The summed E-state index contributed by atoms with van der Waals surface area (Å²) in [5.74, 6) is -0.568. The maximum Gasteiger partial charge on any atom is 0.328 e. The number of hydrogen-bond donors (Lipinski definition) is 1. The van der Waals surface area contributed by atoms with Crippen molar-refractivity contribution in [2.24, 2.45) is 0 Å². The molecule has 1 amide bonds. The summed E-state index contributed by atoms with van der Waals surface area (Å²) in [7, 11) is 1.58. The largest absolute Gasteiger partial charge is 0.497 e. The summed E-state index contributed by atoms with van der Waals surface area (Å²) in [6.07, 6.45) is 0. The molecule has 0 unspecified atom stereocenters. The number of benzene rings is 1. The number of aromatic nitrogens is 3. The molecular formula is C19H19N5O6S. The Hall–Kier alpha value is -3.80. The van der Waals surface area contributed by atoms with Crippen LogP contribution in [-0.4, -0.2) is 45.3 Å². The Balaban J connectivity index is 1.52. The average molecular weight is 445 g/mol. The van der Waals surface area contributed by atoms with Gasteiger partial charge in [0.05, 0.1) is 17.7 Å². The number of nitrogens with one attached hydrogen (secondary N) is 1. The maximum atomic E-state index is 12.1. The van der Waals surface area contributed by atoms with Crippen LogP contribution in [0.5, 0.6) is 5.75 Å². The van der Waals surface area contributed by atoms with Crippen molar-refractivity contribution in [1.82, 2.24) is 14.8 Å². The lowest BCUT2D eigenvalue weighted by Crippen LogP contribution is -2.23. The van der Waals surface area contributed by atoms with Crippen LogP contribution in [0.1, 0.15) is 11.4 Å². The number of hydrogen-bond acceptors (Lipinski definition) is 9. The van der Waals surface area contributed by atoms with Crippen molar-refractivity contribution in [3.05, 3.63) is 51.1 Å². The van der Waals surface area contributed by atoms with E-state index < -0.39 is 23.4 Å². The number of esters is 1. The van der Waals surface area contributed by atoms with Gasteiger partial charge in [-0.3, -0.25) is 29.7 Å². The van der Waals surface area contributed by atoms with Gasteiger partial charge >= 0.3 is 11.7 Å². The number of aryl methyl sites for hydroxylation is 1. The van der Waals surface area contributed by atoms with Crippen LogP contribution >= 0.6 is 11.3 Å². The van der Waals surface area contributed by atoms with Crippen LogP contribution in [0.3, 0.4) is 0 Å². The van der Waals surface area contributed by atoms with Gasteiger partial charge in [0.15, 0.2) is 11.7 Å². The zero-order valence-corrected chi connectivity index (χ0v) is 17.8. The number of methoxy groups -OCH3 is 1. The molecule has 1 aromatic carbocycles. The maximum absolute atomic E-state index is 12.1. The molecule has 162 valence electrons. The van der Waals surface area contributed by atoms with Crippen LogP contribution in [0.2, 0.25) is 0 Å². The number of rotatable bonds is 8. The number of nitro groups is 1. The summed E-state index contributed by atoms with van der Waals surface area (Å²) in [6.45, 7) is 2.11. The van der Waals surface area contributed by atoms with Crippen LogP contribution in [-0.2, 0) is 20.9 Å². The van der Waals surface area contributed by atoms with E-state index >= 15 is 0 Å². The normalized spacial score (nSPS) is 10.5. The standard InChI is InChI=1S/C19H19N5O6S/c1-11-18(24(27)28)12(2)23(22-11)8-17(26)30-9-16(25)21-19-20-15(10-31-19)13-4-6-14(29-3)7-5-13/h4-7,10H,8-9H2,1-3H3,(H,20,21,25). The molecule has 2 heterocycles. The molecule has 0 saturated carbocycles. The molecule has 0 fully saturated rings. The number of carbonyl (C=O) groups excluding carboxylic acids is 2. The number of thiazole rings is 1. The van der Waals surface area contributed by atoms with Crippen molar-refractivity contribution < 1.29 is 24.0 Å². The van der Waals surface area contributed by atoms with E-state index in [1.165, 1.54) is 29.9 Å². The molecule has 3 rings (SSSR count). The van der Waals surface area contributed by atoms with E-state index in [4.69, 9.17) is 9.47 Å². The van der Waals surface area contributed by atoms with Gasteiger partial charge in [-0.25, -0.2) is 4.98 Å². The van der Waals surface area contributed by atoms with Crippen molar-refractivity contribution in [2.75, 3.05) is 19.0 Å². The Morgan fingerprint density at radius 2 is 1.97 bits per heavy atom. The topological polar surface area (TPSA) is 138 Å². The van der Waals surface area contributed by atoms with Crippen molar-refractivity contribution in [3.8, 4) is 17.0 Å². The van der Waals surface area contributed by atoms with Gasteiger partial charge in [0, 0.05) is 10.9 Å². The minimum absolute atomic E-state index is 0.151. The fourth-order valence-electron chi connectivity index (χ4n) is 2.80. The third-order valence-electron chi connectivity index (χ3n) is 4.31. The predicted octanol–water partition coefficient (Wildman–Crippen LogP) is 2.72. The van der Waals surface area contributed by atoms with E-state index in [2.05, 4.69) is 15.4 Å². The highest BCUT2D eigenvalue weighted by Gasteiger charge is 2.23. The second-order valence-corrected chi connectivity index (χ2v) is 7.27. The van der Waals surface area contributed by atoms with Crippen LogP contribution in [0.15, 0.2) is 29.6 Å². The highest BCUT2D eigenvalue weighted by molar-refractivity contribution is 7.14. The molecule has 31 heavy (non-hydrogen) atoms. The Morgan fingerprint density at radius 3 is 2.58 bits per heavy atom. The van der Waals surface area contributed by atoms with Crippen LogP contribution in [0.25, 0.3) is 11.3 Å². The van der Waals surface area contributed by atoms with E-state index in [-0.39, 0.29) is 23.6 Å². The molecular weight excluding hydrogens is 426 g/mol. The number of anilines is 1. The lowest BCUT2D eigenvalue weighted by Gasteiger charge is -2.06. The number of nitrogens with zero attached hydrogens (tertiary/aromatic N) is 4. The molecule has 0 spiro atoms. The fourth-order valence-corrected chi connectivity index (χ4v) is 3.54. The number of amides is 1. The summed E-state index contributed by atoms with van der Waals surface area (Å²) in [5, 5.41) is 19.7. The first-order valence-corrected chi connectivity index (χ1v) is 9.90. The molecule has 0 aliphatic heterocycles. The molecule has 0 radical (unpaired) electrons. The molecule has 12 heteroatoms. The van der Waals surface area contributed by atoms with Gasteiger partial charge in [-0.15, -0.1) is 11.3 Å². The highest BCUT2D eigenvalue weighted by atomic mass is 32.1. The monoisotopic (exact) mass is 445 g/mol. The molecule has 0 atom stereocenters. The summed E-state index contributed by atoms with van der Waals surface area (Å²) in [5.41, 5.74) is 1.83. The van der Waals surface area contributed by atoms with Crippen molar-refractivity contribution in [1.29, 1.82) is 0 Å². The molecule has 0 saturated heterocycles. The summed E-state index contributed by atoms with van der Waals surface area (Å²) >= 11 is 1.24. The van der Waals surface area contributed by atoms with Crippen LogP contribution < -0.4 is 10.1 Å². The van der Waals surface area contributed by atoms with E-state index in [9.17, 15) is 19.7 Å². The van der Waals surface area contributed by atoms with Gasteiger partial charge in [-0.05, 0) is 38.1 Å². The predicted molar refractivity (Wildman–Crippen MR) is 112 cm³/mol. The zero-order valence-electron chi connectivity index (χ0n) is 16.9. The van der Waals surface area contributed by atoms with Gasteiger partial charge in [-0.1, -0.05) is 0 Å². The zero-order chi connectivity index (χ0) is 22.5. The van der Waals surface area contributed by atoms with E-state index in [1.807, 2.05) is 24.3 Å². The van der Waals surface area contributed by atoms with Gasteiger partial charge in [0.2, 0.25) is 0 Å². The first kappa shape index (κ1) is 21.9. The number of carbonyl (C=O) groups is 2. The second kappa shape index (κ2) is 9.34. The highest BCUT2D eigenvalue weighted by Crippen LogP contribution is 2.26. The quantitative estimate of drug-likeness (QED) is 0.317. The molecule has 0 bridgehead atoms. The molecule has 2 aromatic heterocycles. The van der Waals surface area contributed by atoms with E-state index in [0.29, 0.717) is 10.8 Å². The third-order valence-corrected chi connectivity index (χ3v) is 5.06. The van der Waals surface area contributed by atoms with Gasteiger partial charge < -0.3 is 9.47 Å². The molecule has 1 N–H and O–H groups in total. The summed E-state index contributed by atoms with van der Waals surface area (Å²) in [6, 6.07) is 7.32. The minimum atomic E-state index is -0.742. The smallest absolute Gasteiger partial charge is 0.328 e. The lowest BCUT2D eigenvalue weighted by molar-refractivity contribution is -0.386. The van der Waals surface area contributed by atoms with Gasteiger partial charge in [0.1, 0.15) is 23.7 Å². The van der Waals surface area contributed by atoms with E-state index in [1.54, 1.807) is 12.5 Å². The van der Waals surface area contributed by atoms with Crippen molar-refractivity contribution >= 4 is 34.0 Å². The Kier molecular flexibility index (Phi) is 6.60. The van der Waals surface area contributed by atoms with E-state index in [0.717, 1.165) is 11.3 Å². The Labute approximate surface area is 180 Å². The fraction of sp³-hybridized carbons (Fsp3) is 0.263. The summed E-state index contributed by atoms with van der Waals surface area (Å²) in [4.78, 5) is 38.9. The van der Waals surface area contributed by atoms with Crippen LogP contribution in [0.4, 0.5) is 10.8 Å². The first-order valence-electron chi connectivity index (χ1n) is 9.02. The minimum Gasteiger partial charge on any atom is -0.497 e. The molecule has 3 aromatic rings. The van der Waals surface area contributed by atoms with Crippen molar-refractivity contribution in [3.63, 3.8) is 0 Å². The molecule has 0 aliphatic rings. The van der Waals surface area contributed by atoms with Crippen LogP contribution in [0, 0.1) is 24.0 Å². The Morgan fingerprint density at radius 1 is 1.26 bits per heavy atom. The molecule has 11 nitrogen and oxygen atoms in total. The van der Waals surface area contributed by atoms with Gasteiger partial charge in [-0.2, -0.15) is 5.10 Å². The van der Waals surface area contributed by atoms with Gasteiger partial charge in [0.25, 0.3) is 5.91 Å². The number of ether oxygens (including phenoxy) is 2. The molecule has 0 aliphatic carbocycles. The Bertz CT molecular complexity index is 1120. The SMILES string of the molecule is COc1ccc(-c2csc(NC(=O)COC(=O)Cn3nc(C)c([N+](=O)[O-])c3C)n2)cc1. The second-order valence-electron chi connectivity index (χ2n) is 6.41. The lowest BCUT2D eigenvalue weighted by atomic mass is 10.2. The van der Waals surface area contributed by atoms with Crippen molar-refractivity contribution in [2.45, 2.75) is 20.4 Å². The first-order chi connectivity index (χ1) is 14.8. The average Bonchev–Trinajstić information content (AvgIpc) is 3.30. The third kappa shape index (κ3) is 5.22.